The van der Waals surface area contributed by atoms with Crippen LogP contribution in [0.4, 0.5) is 4.39 Å². The van der Waals surface area contributed by atoms with E-state index in [4.69, 9.17) is 0 Å². The fourth-order valence-electron chi connectivity index (χ4n) is 1.74. The Morgan fingerprint density at radius 1 is 1.22 bits per heavy atom. The molecule has 0 bridgehead atoms. The van der Waals surface area contributed by atoms with Crippen molar-refractivity contribution < 1.29 is 17.6 Å². The van der Waals surface area contributed by atoms with Crippen molar-refractivity contribution in [2.45, 2.75) is 31.2 Å². The van der Waals surface area contributed by atoms with Crippen LogP contribution in [0.3, 0.4) is 0 Å². The third-order valence-electron chi connectivity index (χ3n) is 2.88. The van der Waals surface area contributed by atoms with Crippen molar-refractivity contribution in [1.82, 2.24) is 15.4 Å². The number of hydrogen-bond donors (Lipinski definition) is 3. The summed E-state index contributed by atoms with van der Waals surface area (Å²) in [6, 6.07) is 4.03. The fourth-order valence-corrected chi connectivity index (χ4v) is 3.02. The number of carbonyl (C=O) groups excluding carboxylic acids is 1. The third kappa shape index (κ3) is 7.26. The first-order valence-corrected chi connectivity index (χ1v) is 8.62. The second-order valence-corrected chi connectivity index (χ2v) is 6.50. The lowest BCUT2D eigenvalue weighted by Gasteiger charge is -2.15. The van der Waals surface area contributed by atoms with Gasteiger partial charge in [-0.25, -0.2) is 12.8 Å². The van der Waals surface area contributed by atoms with Crippen LogP contribution in [0.25, 0.3) is 0 Å². The van der Waals surface area contributed by atoms with Crippen molar-refractivity contribution in [2.75, 3.05) is 19.6 Å². The molecule has 0 aliphatic carbocycles. The van der Waals surface area contributed by atoms with Crippen LogP contribution in [-0.4, -0.2) is 40.0 Å². The number of halogens is 2. The van der Waals surface area contributed by atoms with Crippen molar-refractivity contribution in [3.05, 3.63) is 30.1 Å². The highest BCUT2D eigenvalue weighted by molar-refractivity contribution is 7.89. The predicted molar refractivity (Wildman–Crippen MR) is 89.6 cm³/mol. The van der Waals surface area contributed by atoms with E-state index in [0.29, 0.717) is 13.1 Å². The molecular weight excluding hydrogens is 345 g/mol. The van der Waals surface area contributed by atoms with Crippen LogP contribution in [0.2, 0.25) is 0 Å². The maximum atomic E-state index is 13.5. The highest BCUT2D eigenvalue weighted by Gasteiger charge is 2.24. The first-order chi connectivity index (χ1) is 10.4. The average molecular weight is 368 g/mol. The lowest BCUT2D eigenvalue weighted by Crippen LogP contribution is -2.46. The zero-order valence-electron chi connectivity index (χ0n) is 13.1. The lowest BCUT2D eigenvalue weighted by molar-refractivity contribution is -0.122. The van der Waals surface area contributed by atoms with Gasteiger partial charge in [0.2, 0.25) is 15.9 Å². The normalized spacial score (nSPS) is 12.3. The summed E-state index contributed by atoms with van der Waals surface area (Å²) in [6.45, 7) is 5.29. The minimum Gasteiger partial charge on any atom is -0.353 e. The van der Waals surface area contributed by atoms with Gasteiger partial charge in [-0.3, -0.25) is 4.79 Å². The molecule has 9 heteroatoms. The molecule has 1 amide bonds. The van der Waals surface area contributed by atoms with Gasteiger partial charge < -0.3 is 10.6 Å². The summed E-state index contributed by atoms with van der Waals surface area (Å²) in [5.74, 6) is -1.32. The molecule has 132 valence electrons. The van der Waals surface area contributed by atoms with Gasteiger partial charge in [0.1, 0.15) is 10.7 Å². The SMILES string of the molecule is CCCNCCNC(=O)C(C)NS(=O)(=O)c1ccccc1F.Cl. The number of sulfonamides is 1. The Bertz CT molecular complexity index is 599. The molecule has 1 aromatic rings. The Hall–Kier alpha value is -1.22. The standard InChI is InChI=1S/C14H22FN3O3S.ClH/c1-3-8-16-9-10-17-14(19)11(2)18-22(20,21)13-7-5-4-6-12(13)15;/h4-7,11,16,18H,3,8-10H2,1-2H3,(H,17,19);1H. The summed E-state index contributed by atoms with van der Waals surface area (Å²) in [6.07, 6.45) is 0.993. The molecule has 3 N–H and O–H groups in total. The zero-order chi connectivity index (χ0) is 16.6. The van der Waals surface area contributed by atoms with Gasteiger partial charge in [0.05, 0.1) is 6.04 Å². The van der Waals surface area contributed by atoms with Crippen LogP contribution in [0, 0.1) is 5.82 Å². The molecule has 0 fully saturated rings. The molecule has 0 saturated heterocycles. The summed E-state index contributed by atoms with van der Waals surface area (Å²) in [5.41, 5.74) is 0. The van der Waals surface area contributed by atoms with Crippen LogP contribution >= 0.6 is 12.4 Å². The van der Waals surface area contributed by atoms with Gasteiger partial charge in [-0.1, -0.05) is 19.1 Å². The number of benzene rings is 1. The molecule has 0 heterocycles. The first-order valence-electron chi connectivity index (χ1n) is 7.13. The summed E-state index contributed by atoms with van der Waals surface area (Å²) >= 11 is 0. The second kappa shape index (κ2) is 10.5. The number of hydrogen-bond acceptors (Lipinski definition) is 4. The summed E-state index contributed by atoms with van der Waals surface area (Å²) in [7, 11) is -4.08. The highest BCUT2D eigenvalue weighted by atomic mass is 35.5. The third-order valence-corrected chi connectivity index (χ3v) is 4.45. The Labute approximate surface area is 142 Å². The van der Waals surface area contributed by atoms with Gasteiger partial charge in [-0.15, -0.1) is 12.4 Å². The maximum Gasteiger partial charge on any atom is 0.244 e. The van der Waals surface area contributed by atoms with Crippen LogP contribution < -0.4 is 15.4 Å². The van der Waals surface area contributed by atoms with E-state index < -0.39 is 32.7 Å². The van der Waals surface area contributed by atoms with Gasteiger partial charge in [-0.2, -0.15) is 4.72 Å². The molecule has 0 aliphatic rings. The van der Waals surface area contributed by atoms with Gasteiger partial charge in [0, 0.05) is 13.1 Å². The second-order valence-electron chi connectivity index (χ2n) is 4.81. The Morgan fingerprint density at radius 3 is 2.48 bits per heavy atom. The lowest BCUT2D eigenvalue weighted by atomic mass is 10.3. The molecule has 1 atom stereocenters. The molecule has 0 aromatic heterocycles. The van der Waals surface area contributed by atoms with E-state index in [-0.39, 0.29) is 12.4 Å². The molecular formula is C14H23ClFN3O3S. The maximum absolute atomic E-state index is 13.5. The average Bonchev–Trinajstić information content (AvgIpc) is 2.46. The Kier molecular flexibility index (Phi) is 9.98. The quantitative estimate of drug-likeness (QED) is 0.569. The molecule has 1 rings (SSSR count). The number of nitrogens with one attached hydrogen (secondary N) is 3. The monoisotopic (exact) mass is 367 g/mol. The minimum absolute atomic E-state index is 0. The van der Waals surface area contributed by atoms with E-state index in [1.807, 2.05) is 6.92 Å². The van der Waals surface area contributed by atoms with Crippen molar-refractivity contribution in [1.29, 1.82) is 0 Å². The van der Waals surface area contributed by atoms with Gasteiger partial charge in [0.15, 0.2) is 0 Å². The molecule has 0 spiro atoms. The van der Waals surface area contributed by atoms with Crippen LogP contribution in [0.1, 0.15) is 20.3 Å². The van der Waals surface area contributed by atoms with Crippen molar-refractivity contribution in [3.63, 3.8) is 0 Å². The van der Waals surface area contributed by atoms with Crippen LogP contribution in [-0.2, 0) is 14.8 Å². The Balaban J connectivity index is 0.00000484. The molecule has 0 saturated carbocycles. The van der Waals surface area contributed by atoms with Crippen molar-refractivity contribution in [3.8, 4) is 0 Å². The zero-order valence-corrected chi connectivity index (χ0v) is 14.8. The van der Waals surface area contributed by atoms with Crippen molar-refractivity contribution >= 4 is 28.3 Å². The molecule has 0 aliphatic heterocycles. The predicted octanol–water partition coefficient (Wildman–Crippen LogP) is 1.03. The van der Waals surface area contributed by atoms with Crippen LogP contribution in [0.5, 0.6) is 0 Å². The van der Waals surface area contributed by atoms with Gasteiger partial charge in [0.25, 0.3) is 0 Å². The van der Waals surface area contributed by atoms with E-state index in [2.05, 4.69) is 15.4 Å². The number of rotatable bonds is 9. The van der Waals surface area contributed by atoms with E-state index in [1.165, 1.54) is 19.1 Å². The van der Waals surface area contributed by atoms with E-state index in [0.717, 1.165) is 25.1 Å². The van der Waals surface area contributed by atoms with E-state index in [1.54, 1.807) is 0 Å². The van der Waals surface area contributed by atoms with E-state index in [9.17, 15) is 17.6 Å². The van der Waals surface area contributed by atoms with Crippen molar-refractivity contribution in [2.24, 2.45) is 0 Å². The van der Waals surface area contributed by atoms with Gasteiger partial charge >= 0.3 is 0 Å². The Morgan fingerprint density at radius 2 is 1.87 bits per heavy atom. The van der Waals surface area contributed by atoms with E-state index >= 15 is 0 Å². The summed E-state index contributed by atoms with van der Waals surface area (Å²) in [5, 5.41) is 5.72. The molecule has 1 aromatic carbocycles. The smallest absolute Gasteiger partial charge is 0.244 e. The fraction of sp³-hybridized carbons (Fsp3) is 0.500. The molecule has 6 nitrogen and oxygen atoms in total. The number of carbonyl (C=O) groups is 1. The molecule has 23 heavy (non-hydrogen) atoms. The number of amides is 1. The summed E-state index contributed by atoms with van der Waals surface area (Å²) in [4.78, 5) is 11.3. The molecule has 1 unspecified atom stereocenters. The first kappa shape index (κ1) is 21.8. The minimum atomic E-state index is -4.08. The summed E-state index contributed by atoms with van der Waals surface area (Å²) < 4.78 is 39.8. The largest absolute Gasteiger partial charge is 0.353 e. The topological polar surface area (TPSA) is 87.3 Å². The molecule has 0 radical (unpaired) electrons. The highest BCUT2D eigenvalue weighted by Crippen LogP contribution is 2.13. The van der Waals surface area contributed by atoms with Gasteiger partial charge in [-0.05, 0) is 32.0 Å². The van der Waals surface area contributed by atoms with Crippen LogP contribution in [0.15, 0.2) is 29.2 Å².